The van der Waals surface area contributed by atoms with Crippen molar-refractivity contribution in [3.8, 4) is 5.75 Å². The van der Waals surface area contributed by atoms with Crippen molar-refractivity contribution in [1.82, 2.24) is 4.72 Å². The van der Waals surface area contributed by atoms with Crippen molar-refractivity contribution >= 4 is 10.0 Å². The van der Waals surface area contributed by atoms with Gasteiger partial charge in [0.1, 0.15) is 5.75 Å². The molecule has 1 aromatic carbocycles. The number of sulfonamides is 1. The molecule has 0 heterocycles. The van der Waals surface area contributed by atoms with Gasteiger partial charge in [-0.05, 0) is 31.0 Å². The number of hydrogen-bond donors (Lipinski definition) is 2. The van der Waals surface area contributed by atoms with E-state index >= 15 is 0 Å². The van der Waals surface area contributed by atoms with Crippen LogP contribution in [0.2, 0.25) is 0 Å². The summed E-state index contributed by atoms with van der Waals surface area (Å²) in [5.74, 6) is 0.611. The van der Waals surface area contributed by atoms with Gasteiger partial charge in [0.05, 0.1) is 12.0 Å². The Bertz CT molecular complexity index is 524. The van der Waals surface area contributed by atoms with Crippen molar-refractivity contribution in [2.75, 3.05) is 7.11 Å². The van der Waals surface area contributed by atoms with Crippen LogP contribution in [-0.4, -0.2) is 21.6 Å². The monoisotopic (exact) mass is 270 g/mol. The number of hydrogen-bond acceptors (Lipinski definition) is 4. The van der Waals surface area contributed by atoms with E-state index < -0.39 is 10.0 Å². The summed E-state index contributed by atoms with van der Waals surface area (Å²) in [6.07, 6.45) is 2.92. The van der Waals surface area contributed by atoms with E-state index in [0.717, 1.165) is 19.3 Å². The highest BCUT2D eigenvalue weighted by atomic mass is 32.2. The topological polar surface area (TPSA) is 81.4 Å². The Morgan fingerprint density at radius 1 is 1.44 bits per heavy atom. The van der Waals surface area contributed by atoms with Crippen LogP contribution in [-0.2, 0) is 16.6 Å². The fraction of sp³-hybridized carbons (Fsp3) is 0.500. The predicted molar refractivity (Wildman–Crippen MR) is 68.8 cm³/mol. The molecule has 0 aromatic heterocycles. The number of rotatable bonds is 5. The van der Waals surface area contributed by atoms with E-state index in [0.29, 0.717) is 11.3 Å². The van der Waals surface area contributed by atoms with Crippen LogP contribution in [0.3, 0.4) is 0 Å². The number of methoxy groups -OCH3 is 1. The lowest BCUT2D eigenvalue weighted by atomic mass is 9.94. The molecule has 5 nitrogen and oxygen atoms in total. The minimum Gasteiger partial charge on any atom is -0.496 e. The highest BCUT2D eigenvalue weighted by molar-refractivity contribution is 7.89. The smallest absolute Gasteiger partial charge is 0.240 e. The molecule has 0 spiro atoms. The summed E-state index contributed by atoms with van der Waals surface area (Å²) in [5, 5.41) is 0. The highest BCUT2D eigenvalue weighted by Crippen LogP contribution is 2.24. The van der Waals surface area contributed by atoms with Crippen LogP contribution in [0, 0.1) is 0 Å². The zero-order chi connectivity index (χ0) is 13.2. The molecule has 1 aliphatic rings. The molecule has 0 aliphatic heterocycles. The van der Waals surface area contributed by atoms with Crippen LogP contribution in [0.4, 0.5) is 0 Å². The van der Waals surface area contributed by atoms with Gasteiger partial charge in [-0.15, -0.1) is 0 Å². The average molecular weight is 270 g/mol. The van der Waals surface area contributed by atoms with Crippen molar-refractivity contribution in [3.63, 3.8) is 0 Å². The maximum absolute atomic E-state index is 12.1. The summed E-state index contributed by atoms with van der Waals surface area (Å²) >= 11 is 0. The zero-order valence-corrected chi connectivity index (χ0v) is 11.2. The molecule has 1 saturated carbocycles. The molecule has 0 atom stereocenters. The fourth-order valence-corrected chi connectivity index (χ4v) is 3.25. The summed E-state index contributed by atoms with van der Waals surface area (Å²) in [7, 11) is -1.90. The van der Waals surface area contributed by atoms with Gasteiger partial charge < -0.3 is 10.5 Å². The second-order valence-corrected chi connectivity index (χ2v) is 6.14. The molecule has 3 N–H and O–H groups in total. The van der Waals surface area contributed by atoms with Crippen molar-refractivity contribution in [3.05, 3.63) is 23.8 Å². The summed E-state index contributed by atoms with van der Waals surface area (Å²) in [6.45, 7) is 0.246. The van der Waals surface area contributed by atoms with Crippen LogP contribution < -0.4 is 15.2 Å². The van der Waals surface area contributed by atoms with Gasteiger partial charge in [0.15, 0.2) is 0 Å². The van der Waals surface area contributed by atoms with Gasteiger partial charge in [-0.25, -0.2) is 13.1 Å². The Hall–Kier alpha value is -1.11. The molecule has 1 fully saturated rings. The quantitative estimate of drug-likeness (QED) is 0.836. The highest BCUT2D eigenvalue weighted by Gasteiger charge is 2.25. The minimum atomic E-state index is -3.44. The standard InChI is InChI=1S/C12H18N2O3S/c1-17-12-6-5-11(7-9(12)8-13)18(15,16)14-10-3-2-4-10/h5-7,10,14H,2-4,8,13H2,1H3. The largest absolute Gasteiger partial charge is 0.496 e. The third kappa shape index (κ3) is 2.66. The lowest BCUT2D eigenvalue weighted by Gasteiger charge is -2.26. The van der Waals surface area contributed by atoms with E-state index in [1.807, 2.05) is 0 Å². The second kappa shape index (κ2) is 5.26. The first-order chi connectivity index (χ1) is 8.56. The third-order valence-corrected chi connectivity index (χ3v) is 4.73. The molecule has 0 radical (unpaired) electrons. The molecule has 0 saturated heterocycles. The summed E-state index contributed by atoms with van der Waals surface area (Å²) in [5.41, 5.74) is 6.27. The van der Waals surface area contributed by atoms with E-state index in [1.54, 1.807) is 18.2 Å². The first-order valence-corrected chi connectivity index (χ1v) is 7.44. The molecule has 2 rings (SSSR count). The van der Waals surface area contributed by atoms with Gasteiger partial charge in [-0.2, -0.15) is 0 Å². The van der Waals surface area contributed by atoms with Gasteiger partial charge in [-0.3, -0.25) is 0 Å². The molecular formula is C12H18N2O3S. The molecule has 6 heteroatoms. The second-order valence-electron chi connectivity index (χ2n) is 4.43. The molecule has 100 valence electrons. The van der Waals surface area contributed by atoms with Crippen molar-refractivity contribution in [2.45, 2.75) is 36.7 Å². The fourth-order valence-electron chi connectivity index (χ4n) is 1.90. The maximum Gasteiger partial charge on any atom is 0.240 e. The number of nitrogens with one attached hydrogen (secondary N) is 1. The van der Waals surface area contributed by atoms with Crippen molar-refractivity contribution < 1.29 is 13.2 Å². The van der Waals surface area contributed by atoms with Gasteiger partial charge in [0, 0.05) is 18.2 Å². The van der Waals surface area contributed by atoms with Crippen LogP contribution in [0.5, 0.6) is 5.75 Å². The Morgan fingerprint density at radius 2 is 2.17 bits per heavy atom. The van der Waals surface area contributed by atoms with Crippen LogP contribution in [0.15, 0.2) is 23.1 Å². The van der Waals surface area contributed by atoms with E-state index in [9.17, 15) is 8.42 Å². The molecule has 18 heavy (non-hydrogen) atoms. The summed E-state index contributed by atoms with van der Waals surface area (Å²) in [4.78, 5) is 0.246. The Kier molecular flexibility index (Phi) is 3.89. The van der Waals surface area contributed by atoms with Crippen LogP contribution >= 0.6 is 0 Å². The van der Waals surface area contributed by atoms with Crippen LogP contribution in [0.25, 0.3) is 0 Å². The average Bonchev–Trinajstić information content (AvgIpc) is 2.33. The van der Waals surface area contributed by atoms with E-state index in [-0.39, 0.29) is 17.5 Å². The SMILES string of the molecule is COc1ccc(S(=O)(=O)NC2CCC2)cc1CN. The Morgan fingerprint density at radius 3 is 2.67 bits per heavy atom. The molecule has 1 aromatic rings. The molecule has 0 unspecified atom stereocenters. The van der Waals surface area contributed by atoms with E-state index in [2.05, 4.69) is 4.72 Å². The van der Waals surface area contributed by atoms with Crippen molar-refractivity contribution in [2.24, 2.45) is 5.73 Å². The normalized spacial score (nSPS) is 16.3. The zero-order valence-electron chi connectivity index (χ0n) is 10.3. The summed E-state index contributed by atoms with van der Waals surface area (Å²) in [6, 6.07) is 4.83. The Labute approximate surface area is 107 Å². The van der Waals surface area contributed by atoms with Gasteiger partial charge in [0.2, 0.25) is 10.0 Å². The first-order valence-electron chi connectivity index (χ1n) is 5.96. The predicted octanol–water partition coefficient (Wildman–Crippen LogP) is 0.985. The summed E-state index contributed by atoms with van der Waals surface area (Å²) < 4.78 is 32.0. The molecular weight excluding hydrogens is 252 g/mol. The lowest BCUT2D eigenvalue weighted by molar-refractivity contribution is 0.383. The molecule has 0 bridgehead atoms. The number of benzene rings is 1. The molecule has 1 aliphatic carbocycles. The van der Waals surface area contributed by atoms with E-state index in [1.165, 1.54) is 7.11 Å². The first kappa shape index (κ1) is 13.3. The lowest BCUT2D eigenvalue weighted by Crippen LogP contribution is -2.39. The minimum absolute atomic E-state index is 0.0819. The third-order valence-electron chi connectivity index (χ3n) is 3.21. The number of nitrogens with two attached hydrogens (primary N) is 1. The van der Waals surface area contributed by atoms with Gasteiger partial charge in [-0.1, -0.05) is 6.42 Å². The van der Waals surface area contributed by atoms with Crippen LogP contribution in [0.1, 0.15) is 24.8 Å². The maximum atomic E-state index is 12.1. The van der Waals surface area contributed by atoms with Crippen molar-refractivity contribution in [1.29, 1.82) is 0 Å². The van der Waals surface area contributed by atoms with Gasteiger partial charge in [0.25, 0.3) is 0 Å². The van der Waals surface area contributed by atoms with Gasteiger partial charge >= 0.3 is 0 Å². The Balaban J connectivity index is 2.26. The molecule has 0 amide bonds. The number of ether oxygens (including phenoxy) is 1. The van der Waals surface area contributed by atoms with E-state index in [4.69, 9.17) is 10.5 Å².